The van der Waals surface area contributed by atoms with Gasteiger partial charge in [0.25, 0.3) is 0 Å². The molecular formula is C22H26N4OS2. The molecule has 0 atom stereocenters. The first-order chi connectivity index (χ1) is 14.2. The van der Waals surface area contributed by atoms with Crippen LogP contribution in [0, 0.1) is 0 Å². The van der Waals surface area contributed by atoms with Gasteiger partial charge >= 0.3 is 0 Å². The summed E-state index contributed by atoms with van der Waals surface area (Å²) in [7, 11) is 0. The van der Waals surface area contributed by atoms with Crippen LogP contribution in [0.5, 0.6) is 0 Å². The molecule has 0 radical (unpaired) electrons. The van der Waals surface area contributed by atoms with Gasteiger partial charge in [-0.3, -0.25) is 9.36 Å². The summed E-state index contributed by atoms with van der Waals surface area (Å²) in [6.45, 7) is 8.71. The van der Waals surface area contributed by atoms with E-state index in [0.29, 0.717) is 6.54 Å². The average molecular weight is 427 g/mol. The van der Waals surface area contributed by atoms with Gasteiger partial charge in [-0.1, -0.05) is 56.3 Å². The van der Waals surface area contributed by atoms with E-state index in [1.54, 1.807) is 11.3 Å². The Morgan fingerprint density at radius 3 is 2.90 bits per heavy atom. The van der Waals surface area contributed by atoms with Gasteiger partial charge in [0.2, 0.25) is 5.91 Å². The number of thioether (sulfide) groups is 1. The van der Waals surface area contributed by atoms with Crippen molar-refractivity contribution in [2.24, 2.45) is 0 Å². The predicted octanol–water partition coefficient (Wildman–Crippen LogP) is 5.44. The fourth-order valence-electron chi connectivity index (χ4n) is 3.05. The number of para-hydroxylation sites is 1. The molecule has 0 fully saturated rings. The van der Waals surface area contributed by atoms with Crippen LogP contribution < -0.4 is 5.32 Å². The van der Waals surface area contributed by atoms with E-state index < -0.39 is 0 Å². The summed E-state index contributed by atoms with van der Waals surface area (Å²) in [5.41, 5.74) is 3.07. The molecule has 3 aromatic rings. The molecule has 7 heteroatoms. The molecule has 0 saturated carbocycles. The fraction of sp³-hybridized carbons (Fsp3) is 0.318. The SMILES string of the molecule is C=CCn1c(SCC(=O)Nc2ccccc2CC)nnc1-c1csc(CCC)c1. The molecule has 0 aliphatic heterocycles. The molecule has 1 amide bonds. The lowest BCUT2D eigenvalue weighted by molar-refractivity contribution is -0.113. The third-order valence-corrected chi connectivity index (χ3v) is 6.40. The van der Waals surface area contributed by atoms with Gasteiger partial charge in [-0.2, -0.15) is 0 Å². The van der Waals surface area contributed by atoms with Crippen molar-refractivity contribution in [3.05, 3.63) is 58.8 Å². The van der Waals surface area contributed by atoms with Crippen LogP contribution in [0.4, 0.5) is 5.69 Å². The number of allylic oxidation sites excluding steroid dienone is 1. The zero-order valence-electron chi connectivity index (χ0n) is 16.9. The molecule has 0 unspecified atom stereocenters. The van der Waals surface area contributed by atoms with Crippen LogP contribution >= 0.6 is 23.1 Å². The highest BCUT2D eigenvalue weighted by Crippen LogP contribution is 2.28. The number of benzene rings is 1. The number of anilines is 1. The lowest BCUT2D eigenvalue weighted by atomic mass is 10.1. The number of thiophene rings is 1. The first-order valence-corrected chi connectivity index (χ1v) is 11.6. The molecule has 1 aromatic carbocycles. The van der Waals surface area contributed by atoms with Gasteiger partial charge in [0, 0.05) is 28.1 Å². The Kier molecular flexibility index (Phi) is 7.66. The maximum absolute atomic E-state index is 12.5. The molecule has 0 aliphatic carbocycles. The minimum absolute atomic E-state index is 0.0497. The fourth-order valence-corrected chi connectivity index (χ4v) is 4.76. The molecule has 0 spiro atoms. The summed E-state index contributed by atoms with van der Waals surface area (Å²) in [6.07, 6.45) is 4.90. The predicted molar refractivity (Wildman–Crippen MR) is 123 cm³/mol. The molecule has 1 N–H and O–H groups in total. The lowest BCUT2D eigenvalue weighted by Crippen LogP contribution is -2.15. The van der Waals surface area contributed by atoms with Crippen molar-refractivity contribution in [3.63, 3.8) is 0 Å². The Morgan fingerprint density at radius 1 is 1.31 bits per heavy atom. The molecule has 5 nitrogen and oxygen atoms in total. The van der Waals surface area contributed by atoms with Crippen molar-refractivity contribution in [1.82, 2.24) is 14.8 Å². The standard InChI is InChI=1S/C22H26N4OS2/c1-4-9-18-13-17(14-28-18)21-24-25-22(26(21)12-5-2)29-15-20(27)23-19-11-8-7-10-16(19)6-3/h5,7-8,10-11,13-14H,2,4,6,9,12,15H2,1,3H3,(H,23,27). The number of carbonyl (C=O) groups is 1. The second-order valence-electron chi connectivity index (χ2n) is 6.60. The summed E-state index contributed by atoms with van der Waals surface area (Å²) in [6, 6.07) is 10.1. The van der Waals surface area contributed by atoms with Crippen molar-refractivity contribution in [2.75, 3.05) is 11.1 Å². The van der Waals surface area contributed by atoms with Crippen molar-refractivity contribution in [1.29, 1.82) is 0 Å². The number of rotatable bonds is 10. The Labute approximate surface area is 180 Å². The van der Waals surface area contributed by atoms with E-state index >= 15 is 0 Å². The molecule has 3 rings (SSSR count). The first kappa shape index (κ1) is 21.3. The summed E-state index contributed by atoms with van der Waals surface area (Å²) in [4.78, 5) is 13.8. The van der Waals surface area contributed by atoms with E-state index in [-0.39, 0.29) is 11.7 Å². The van der Waals surface area contributed by atoms with E-state index in [0.717, 1.165) is 47.1 Å². The highest BCUT2D eigenvalue weighted by molar-refractivity contribution is 7.99. The van der Waals surface area contributed by atoms with Crippen molar-refractivity contribution in [2.45, 2.75) is 44.8 Å². The Balaban J connectivity index is 1.71. The summed E-state index contributed by atoms with van der Waals surface area (Å²) in [5.74, 6) is 1.05. The number of nitrogens with one attached hydrogen (secondary N) is 1. The van der Waals surface area contributed by atoms with Gasteiger partial charge in [0.15, 0.2) is 11.0 Å². The van der Waals surface area contributed by atoms with Crippen LogP contribution in [0.15, 0.2) is 53.5 Å². The van der Waals surface area contributed by atoms with Crippen molar-refractivity contribution < 1.29 is 4.79 Å². The topological polar surface area (TPSA) is 59.8 Å². The molecular weight excluding hydrogens is 400 g/mol. The van der Waals surface area contributed by atoms with Gasteiger partial charge in [-0.05, 0) is 30.5 Å². The molecule has 2 aromatic heterocycles. The summed E-state index contributed by atoms with van der Waals surface area (Å²) >= 11 is 3.14. The number of aromatic nitrogens is 3. The van der Waals surface area contributed by atoms with Crippen LogP contribution in [0.1, 0.15) is 30.7 Å². The Hall–Kier alpha value is -2.38. The molecule has 0 aliphatic rings. The number of nitrogens with zero attached hydrogens (tertiary/aromatic N) is 3. The number of aryl methyl sites for hydroxylation is 2. The quantitative estimate of drug-likeness (QED) is 0.346. The normalized spacial score (nSPS) is 10.8. The number of amides is 1. The van der Waals surface area contributed by atoms with E-state index in [9.17, 15) is 4.79 Å². The van der Waals surface area contributed by atoms with Gasteiger partial charge in [0.05, 0.1) is 5.75 Å². The van der Waals surface area contributed by atoms with Gasteiger partial charge in [0.1, 0.15) is 0 Å². The molecule has 29 heavy (non-hydrogen) atoms. The van der Waals surface area contributed by atoms with E-state index in [4.69, 9.17) is 0 Å². The number of hydrogen-bond donors (Lipinski definition) is 1. The maximum atomic E-state index is 12.5. The smallest absolute Gasteiger partial charge is 0.234 e. The first-order valence-electron chi connectivity index (χ1n) is 9.78. The average Bonchev–Trinajstić information content (AvgIpc) is 3.34. The molecule has 2 heterocycles. The zero-order valence-corrected chi connectivity index (χ0v) is 18.5. The maximum Gasteiger partial charge on any atom is 0.234 e. The molecule has 0 bridgehead atoms. The summed E-state index contributed by atoms with van der Waals surface area (Å²) < 4.78 is 2.02. The van der Waals surface area contributed by atoms with Crippen molar-refractivity contribution in [3.8, 4) is 11.4 Å². The largest absolute Gasteiger partial charge is 0.325 e. The minimum atomic E-state index is -0.0497. The van der Waals surface area contributed by atoms with Crippen LogP contribution in [0.25, 0.3) is 11.4 Å². The Bertz CT molecular complexity index is 977. The second-order valence-corrected chi connectivity index (χ2v) is 8.54. The lowest BCUT2D eigenvalue weighted by Gasteiger charge is -2.10. The third kappa shape index (κ3) is 5.36. The highest BCUT2D eigenvalue weighted by atomic mass is 32.2. The van der Waals surface area contributed by atoms with Gasteiger partial charge < -0.3 is 5.32 Å². The van der Waals surface area contributed by atoms with E-state index in [2.05, 4.69) is 47.4 Å². The van der Waals surface area contributed by atoms with Crippen LogP contribution in [-0.4, -0.2) is 26.4 Å². The second kappa shape index (κ2) is 10.4. The molecule has 0 saturated heterocycles. The van der Waals surface area contributed by atoms with E-state index in [1.165, 1.54) is 16.6 Å². The molecule has 152 valence electrons. The monoisotopic (exact) mass is 426 g/mol. The van der Waals surface area contributed by atoms with Crippen LogP contribution in [0.3, 0.4) is 0 Å². The number of hydrogen-bond acceptors (Lipinski definition) is 5. The Morgan fingerprint density at radius 2 is 2.14 bits per heavy atom. The van der Waals surface area contributed by atoms with Gasteiger partial charge in [-0.25, -0.2) is 0 Å². The van der Waals surface area contributed by atoms with Crippen LogP contribution in [-0.2, 0) is 24.2 Å². The van der Waals surface area contributed by atoms with E-state index in [1.807, 2.05) is 34.9 Å². The minimum Gasteiger partial charge on any atom is -0.325 e. The third-order valence-electron chi connectivity index (χ3n) is 4.44. The number of carbonyl (C=O) groups excluding carboxylic acids is 1. The van der Waals surface area contributed by atoms with Crippen LogP contribution in [0.2, 0.25) is 0 Å². The zero-order chi connectivity index (χ0) is 20.6. The summed E-state index contributed by atoms with van der Waals surface area (Å²) in [5, 5.41) is 14.6. The van der Waals surface area contributed by atoms with Crippen molar-refractivity contribution >= 4 is 34.7 Å². The van der Waals surface area contributed by atoms with Gasteiger partial charge in [-0.15, -0.1) is 28.1 Å². The highest BCUT2D eigenvalue weighted by Gasteiger charge is 2.16.